The van der Waals surface area contributed by atoms with E-state index in [2.05, 4.69) is 0 Å². The highest BCUT2D eigenvalue weighted by Gasteiger charge is 2.22. The number of carbonyl (C=O) groups is 2. The van der Waals surface area contributed by atoms with E-state index in [4.69, 9.17) is 4.74 Å². The van der Waals surface area contributed by atoms with Crippen LogP contribution in [0.25, 0.3) is 0 Å². The maximum Gasteiger partial charge on any atom is 0.339 e. The summed E-state index contributed by atoms with van der Waals surface area (Å²) in [6.45, 7) is 2.91. The van der Waals surface area contributed by atoms with Gasteiger partial charge in [-0.25, -0.2) is 4.79 Å². The van der Waals surface area contributed by atoms with E-state index in [1.165, 1.54) is 30.0 Å². The van der Waals surface area contributed by atoms with Gasteiger partial charge in [-0.15, -0.1) is 0 Å². The van der Waals surface area contributed by atoms with Gasteiger partial charge in [-0.1, -0.05) is 36.4 Å². The molecular weight excluding hydrogens is 336 g/mol. The van der Waals surface area contributed by atoms with Crippen LogP contribution < -0.4 is 0 Å². The van der Waals surface area contributed by atoms with Crippen molar-refractivity contribution in [1.29, 1.82) is 0 Å². The number of nitro groups is 1. The number of carbonyl (C=O) groups excluding carboxylic acids is 2. The number of rotatable bonds is 6. The number of nitro benzene ring substituents is 1. The Morgan fingerprint density at radius 2 is 1.81 bits per heavy atom. The molecule has 0 aliphatic heterocycles. The van der Waals surface area contributed by atoms with Gasteiger partial charge in [0.05, 0.1) is 16.5 Å². The number of esters is 1. The summed E-state index contributed by atoms with van der Waals surface area (Å²) in [5.41, 5.74) is 1.08. The Labute approximate surface area is 151 Å². The molecule has 7 heteroatoms. The van der Waals surface area contributed by atoms with Crippen molar-refractivity contribution in [1.82, 2.24) is 4.90 Å². The summed E-state index contributed by atoms with van der Waals surface area (Å²) in [7, 11) is 1.63. The summed E-state index contributed by atoms with van der Waals surface area (Å²) in [4.78, 5) is 36.4. The van der Waals surface area contributed by atoms with Gasteiger partial charge in [-0.05, 0) is 25.5 Å². The van der Waals surface area contributed by atoms with E-state index in [9.17, 15) is 19.7 Å². The maximum absolute atomic E-state index is 12.3. The average molecular weight is 356 g/mol. The number of amides is 1. The molecule has 1 unspecified atom stereocenters. The van der Waals surface area contributed by atoms with Gasteiger partial charge in [0.25, 0.3) is 11.6 Å². The molecule has 2 aromatic rings. The van der Waals surface area contributed by atoms with E-state index in [0.717, 1.165) is 5.56 Å². The zero-order valence-electron chi connectivity index (χ0n) is 14.8. The third-order valence-electron chi connectivity index (χ3n) is 4.30. The van der Waals surface area contributed by atoms with Crippen molar-refractivity contribution in [3.63, 3.8) is 0 Å². The van der Waals surface area contributed by atoms with Gasteiger partial charge in [0.15, 0.2) is 6.61 Å². The van der Waals surface area contributed by atoms with Crippen LogP contribution in [0.4, 0.5) is 5.69 Å². The molecule has 1 amide bonds. The van der Waals surface area contributed by atoms with Crippen molar-refractivity contribution in [3.05, 3.63) is 75.3 Å². The summed E-state index contributed by atoms with van der Waals surface area (Å²) < 4.78 is 5.06. The van der Waals surface area contributed by atoms with Gasteiger partial charge in [-0.3, -0.25) is 14.9 Å². The number of nitrogens with zero attached hydrogens (tertiary/aromatic N) is 2. The van der Waals surface area contributed by atoms with E-state index in [1.54, 1.807) is 7.05 Å². The minimum absolute atomic E-state index is 0.0748. The Kier molecular flexibility index (Phi) is 6.06. The highest BCUT2D eigenvalue weighted by Crippen LogP contribution is 2.22. The summed E-state index contributed by atoms with van der Waals surface area (Å²) in [5.74, 6) is -1.13. The third-order valence-corrected chi connectivity index (χ3v) is 4.30. The van der Waals surface area contributed by atoms with Gasteiger partial charge < -0.3 is 9.64 Å². The Bertz CT molecular complexity index is 820. The molecule has 0 saturated carbocycles. The quantitative estimate of drug-likeness (QED) is 0.450. The maximum atomic E-state index is 12.3. The number of hydrogen-bond acceptors (Lipinski definition) is 5. The number of likely N-dealkylation sites (N-methyl/N-ethyl adjacent to an activating group) is 1. The van der Waals surface area contributed by atoms with E-state index in [-0.39, 0.29) is 28.8 Å². The van der Waals surface area contributed by atoms with Crippen LogP contribution in [-0.4, -0.2) is 35.4 Å². The molecule has 0 aromatic heterocycles. The Morgan fingerprint density at radius 3 is 2.42 bits per heavy atom. The lowest BCUT2D eigenvalue weighted by molar-refractivity contribution is -0.385. The highest BCUT2D eigenvalue weighted by molar-refractivity contribution is 5.93. The smallest absolute Gasteiger partial charge is 0.339 e. The molecule has 2 aromatic carbocycles. The van der Waals surface area contributed by atoms with Crippen LogP contribution in [0.1, 0.15) is 34.5 Å². The fourth-order valence-electron chi connectivity index (χ4n) is 2.52. The van der Waals surface area contributed by atoms with E-state index in [0.29, 0.717) is 0 Å². The lowest BCUT2D eigenvalue weighted by Crippen LogP contribution is -2.33. The molecular formula is C19H20N2O5. The molecule has 0 N–H and O–H groups in total. The van der Waals surface area contributed by atoms with Crippen LogP contribution in [0.15, 0.2) is 48.5 Å². The summed E-state index contributed by atoms with van der Waals surface area (Å²) in [5, 5.41) is 11.0. The van der Waals surface area contributed by atoms with E-state index < -0.39 is 17.5 Å². The Morgan fingerprint density at radius 1 is 1.15 bits per heavy atom. The zero-order valence-corrected chi connectivity index (χ0v) is 14.8. The number of benzene rings is 2. The van der Waals surface area contributed by atoms with Crippen LogP contribution in [0.2, 0.25) is 0 Å². The van der Waals surface area contributed by atoms with Crippen molar-refractivity contribution in [2.45, 2.75) is 19.9 Å². The molecule has 7 nitrogen and oxygen atoms in total. The lowest BCUT2D eigenvalue weighted by atomic mass is 10.1. The molecule has 0 aliphatic carbocycles. The first-order valence-corrected chi connectivity index (χ1v) is 8.04. The molecule has 2 rings (SSSR count). The molecule has 0 bridgehead atoms. The second-order valence-electron chi connectivity index (χ2n) is 5.87. The van der Waals surface area contributed by atoms with Crippen molar-refractivity contribution in [2.24, 2.45) is 0 Å². The molecule has 0 spiro atoms. The molecule has 0 aliphatic rings. The predicted molar refractivity (Wildman–Crippen MR) is 95.7 cm³/mol. The van der Waals surface area contributed by atoms with Gasteiger partial charge in [0.2, 0.25) is 0 Å². The van der Waals surface area contributed by atoms with Crippen LogP contribution in [0.3, 0.4) is 0 Å². The zero-order chi connectivity index (χ0) is 19.3. The first-order chi connectivity index (χ1) is 12.3. The van der Waals surface area contributed by atoms with Gasteiger partial charge >= 0.3 is 5.97 Å². The first kappa shape index (κ1) is 19.1. The molecule has 26 heavy (non-hydrogen) atoms. The molecule has 0 radical (unpaired) electrons. The number of hydrogen-bond donors (Lipinski definition) is 0. The van der Waals surface area contributed by atoms with Crippen molar-refractivity contribution in [3.8, 4) is 0 Å². The SMILES string of the molecule is Cc1c(C(=O)OCC(=O)N(C)C(C)c2ccccc2)cccc1[N+](=O)[O-]. The summed E-state index contributed by atoms with van der Waals surface area (Å²) in [6.07, 6.45) is 0. The molecule has 0 saturated heterocycles. The standard InChI is InChI=1S/C19H20N2O5/c1-13-16(10-7-11-17(13)21(24)25)19(23)26-12-18(22)20(3)14(2)15-8-5-4-6-9-15/h4-11,14H,12H2,1-3H3. The summed E-state index contributed by atoms with van der Waals surface area (Å²) in [6, 6.07) is 13.5. The predicted octanol–water partition coefficient (Wildman–Crippen LogP) is 3.28. The molecule has 0 fully saturated rings. The van der Waals surface area contributed by atoms with Gasteiger partial charge in [-0.2, -0.15) is 0 Å². The van der Waals surface area contributed by atoms with Crippen molar-refractivity contribution in [2.75, 3.05) is 13.7 Å². The second kappa shape index (κ2) is 8.24. The Hall–Kier alpha value is -3.22. The monoisotopic (exact) mass is 356 g/mol. The largest absolute Gasteiger partial charge is 0.452 e. The van der Waals surface area contributed by atoms with Crippen LogP contribution in [0, 0.1) is 17.0 Å². The number of ether oxygens (including phenoxy) is 1. The first-order valence-electron chi connectivity index (χ1n) is 8.04. The third kappa shape index (κ3) is 4.24. The minimum atomic E-state index is -0.764. The molecule has 136 valence electrons. The van der Waals surface area contributed by atoms with Gasteiger partial charge in [0, 0.05) is 18.7 Å². The van der Waals surface area contributed by atoms with E-state index >= 15 is 0 Å². The van der Waals surface area contributed by atoms with Crippen LogP contribution >= 0.6 is 0 Å². The van der Waals surface area contributed by atoms with Crippen molar-refractivity contribution < 1.29 is 19.2 Å². The lowest BCUT2D eigenvalue weighted by Gasteiger charge is -2.25. The molecule has 0 heterocycles. The summed E-state index contributed by atoms with van der Waals surface area (Å²) >= 11 is 0. The highest BCUT2D eigenvalue weighted by atomic mass is 16.6. The second-order valence-corrected chi connectivity index (χ2v) is 5.87. The fourth-order valence-corrected chi connectivity index (χ4v) is 2.52. The Balaban J connectivity index is 2.02. The topological polar surface area (TPSA) is 89.8 Å². The normalized spacial score (nSPS) is 11.5. The molecule has 1 atom stereocenters. The van der Waals surface area contributed by atoms with E-state index in [1.807, 2.05) is 37.3 Å². The van der Waals surface area contributed by atoms with Crippen LogP contribution in [0.5, 0.6) is 0 Å². The van der Waals surface area contributed by atoms with Gasteiger partial charge in [0.1, 0.15) is 0 Å². The minimum Gasteiger partial charge on any atom is -0.452 e. The fraction of sp³-hybridized carbons (Fsp3) is 0.263. The van der Waals surface area contributed by atoms with Crippen molar-refractivity contribution >= 4 is 17.6 Å². The van der Waals surface area contributed by atoms with Crippen LogP contribution in [-0.2, 0) is 9.53 Å². The average Bonchev–Trinajstić information content (AvgIpc) is 2.65.